The standard InChI is InChI=1S/C22H23NO5/c1-26-20(24)22(10-12-27-13-11-22)23-21(25)28-14-19-17-8-4-2-6-15(17)16-7-3-5-9-18(16)19/h2-9,19H,10-14H2,1H3,(H,23,25). The molecule has 0 saturated carbocycles. The fourth-order valence-corrected chi connectivity index (χ4v) is 4.13. The van der Waals surface area contributed by atoms with Crippen molar-refractivity contribution in [1.29, 1.82) is 0 Å². The lowest BCUT2D eigenvalue weighted by molar-refractivity contribution is -0.152. The molecule has 6 nitrogen and oxygen atoms in total. The van der Waals surface area contributed by atoms with Crippen molar-refractivity contribution >= 4 is 12.1 Å². The number of ether oxygens (including phenoxy) is 3. The van der Waals surface area contributed by atoms with Gasteiger partial charge in [0.05, 0.1) is 7.11 Å². The number of fused-ring (bicyclic) bond motifs is 3. The molecule has 4 rings (SSSR count). The number of hydrogen-bond donors (Lipinski definition) is 1. The Bertz CT molecular complexity index is 843. The second-order valence-corrected chi connectivity index (χ2v) is 7.14. The molecule has 0 aromatic heterocycles. The van der Waals surface area contributed by atoms with Gasteiger partial charge >= 0.3 is 12.1 Å². The van der Waals surface area contributed by atoms with Crippen LogP contribution in [-0.4, -0.2) is 44.5 Å². The highest BCUT2D eigenvalue weighted by molar-refractivity contribution is 5.86. The van der Waals surface area contributed by atoms with Crippen molar-refractivity contribution in [2.24, 2.45) is 0 Å². The molecule has 2 aromatic carbocycles. The molecule has 0 atom stereocenters. The monoisotopic (exact) mass is 381 g/mol. The van der Waals surface area contributed by atoms with E-state index < -0.39 is 17.6 Å². The summed E-state index contributed by atoms with van der Waals surface area (Å²) in [6.07, 6.45) is 0.113. The average Bonchev–Trinajstić information content (AvgIpc) is 3.06. The molecule has 1 amide bonds. The highest BCUT2D eigenvalue weighted by Gasteiger charge is 2.43. The van der Waals surface area contributed by atoms with E-state index in [0.29, 0.717) is 26.1 Å². The van der Waals surface area contributed by atoms with Gasteiger partial charge in [-0.15, -0.1) is 0 Å². The first-order valence-corrected chi connectivity index (χ1v) is 9.44. The molecular weight excluding hydrogens is 358 g/mol. The predicted octanol–water partition coefficient (Wildman–Crippen LogP) is 3.25. The highest BCUT2D eigenvalue weighted by atomic mass is 16.6. The predicted molar refractivity (Wildman–Crippen MR) is 103 cm³/mol. The lowest BCUT2D eigenvalue weighted by Crippen LogP contribution is -2.58. The van der Waals surface area contributed by atoms with E-state index >= 15 is 0 Å². The smallest absolute Gasteiger partial charge is 0.408 e. The minimum atomic E-state index is -1.09. The van der Waals surface area contributed by atoms with Crippen LogP contribution in [0.5, 0.6) is 0 Å². The molecule has 2 aliphatic rings. The molecule has 1 fully saturated rings. The van der Waals surface area contributed by atoms with Crippen molar-refractivity contribution in [3.05, 3.63) is 59.7 Å². The summed E-state index contributed by atoms with van der Waals surface area (Å²) in [5.41, 5.74) is 3.54. The van der Waals surface area contributed by atoms with Crippen LogP contribution in [0, 0.1) is 0 Å². The third kappa shape index (κ3) is 3.24. The molecule has 6 heteroatoms. The zero-order chi connectivity index (χ0) is 19.6. The Labute approximate surface area is 163 Å². The van der Waals surface area contributed by atoms with Crippen LogP contribution in [0.1, 0.15) is 29.9 Å². The van der Waals surface area contributed by atoms with Gasteiger partial charge in [0.15, 0.2) is 0 Å². The first-order chi connectivity index (χ1) is 13.6. The summed E-state index contributed by atoms with van der Waals surface area (Å²) in [6.45, 7) is 0.977. The molecule has 1 aliphatic heterocycles. The molecule has 0 bridgehead atoms. The van der Waals surface area contributed by atoms with Crippen molar-refractivity contribution in [3.8, 4) is 11.1 Å². The zero-order valence-electron chi connectivity index (χ0n) is 15.8. The Hall–Kier alpha value is -2.86. The van der Waals surface area contributed by atoms with Gasteiger partial charge in [-0.1, -0.05) is 48.5 Å². The number of benzene rings is 2. The van der Waals surface area contributed by atoms with E-state index in [1.165, 1.54) is 18.2 Å². The van der Waals surface area contributed by atoms with Crippen molar-refractivity contribution in [3.63, 3.8) is 0 Å². The number of methoxy groups -OCH3 is 1. The van der Waals surface area contributed by atoms with E-state index in [1.807, 2.05) is 24.3 Å². The third-order valence-corrected chi connectivity index (χ3v) is 5.61. The van der Waals surface area contributed by atoms with Gasteiger partial charge in [-0.2, -0.15) is 0 Å². The second-order valence-electron chi connectivity index (χ2n) is 7.14. The van der Waals surface area contributed by atoms with E-state index in [9.17, 15) is 9.59 Å². The summed E-state index contributed by atoms with van der Waals surface area (Å²) < 4.78 is 15.8. The molecule has 2 aromatic rings. The summed E-state index contributed by atoms with van der Waals surface area (Å²) in [4.78, 5) is 24.8. The van der Waals surface area contributed by atoms with Crippen LogP contribution in [0.15, 0.2) is 48.5 Å². The van der Waals surface area contributed by atoms with Crippen LogP contribution in [0.25, 0.3) is 11.1 Å². The molecule has 1 N–H and O–H groups in total. The van der Waals surface area contributed by atoms with Crippen LogP contribution in [0.4, 0.5) is 4.79 Å². The third-order valence-electron chi connectivity index (χ3n) is 5.61. The van der Waals surface area contributed by atoms with Gasteiger partial charge in [0.1, 0.15) is 12.1 Å². The van der Waals surface area contributed by atoms with E-state index in [4.69, 9.17) is 14.2 Å². The largest absolute Gasteiger partial charge is 0.467 e. The average molecular weight is 381 g/mol. The molecule has 146 valence electrons. The van der Waals surface area contributed by atoms with Crippen molar-refractivity contribution < 1.29 is 23.8 Å². The first kappa shape index (κ1) is 18.5. The number of hydrogen-bond acceptors (Lipinski definition) is 5. The molecule has 0 spiro atoms. The van der Waals surface area contributed by atoms with Gasteiger partial charge in [-0.05, 0) is 22.3 Å². The molecule has 0 unspecified atom stereocenters. The van der Waals surface area contributed by atoms with Gasteiger partial charge in [0.2, 0.25) is 0 Å². The Morgan fingerprint density at radius 2 is 1.61 bits per heavy atom. The summed E-state index contributed by atoms with van der Waals surface area (Å²) in [5, 5.41) is 2.74. The topological polar surface area (TPSA) is 73.9 Å². The van der Waals surface area contributed by atoms with Gasteiger partial charge in [-0.25, -0.2) is 9.59 Å². The molecule has 1 saturated heterocycles. The first-order valence-electron chi connectivity index (χ1n) is 9.44. The van der Waals surface area contributed by atoms with Crippen LogP contribution in [-0.2, 0) is 19.0 Å². The Morgan fingerprint density at radius 1 is 1.04 bits per heavy atom. The van der Waals surface area contributed by atoms with Crippen LogP contribution < -0.4 is 5.32 Å². The van der Waals surface area contributed by atoms with E-state index in [2.05, 4.69) is 29.6 Å². The number of carbonyl (C=O) groups is 2. The molecule has 0 radical (unpaired) electrons. The van der Waals surface area contributed by atoms with Crippen molar-refractivity contribution in [1.82, 2.24) is 5.32 Å². The minimum Gasteiger partial charge on any atom is -0.467 e. The highest BCUT2D eigenvalue weighted by Crippen LogP contribution is 2.44. The molecular formula is C22H23NO5. The number of amides is 1. The lowest BCUT2D eigenvalue weighted by Gasteiger charge is -2.34. The van der Waals surface area contributed by atoms with Gasteiger partial charge in [-0.3, -0.25) is 0 Å². The van der Waals surface area contributed by atoms with Gasteiger partial charge in [0, 0.05) is 32.0 Å². The molecule has 1 aliphatic carbocycles. The number of rotatable bonds is 4. The summed E-state index contributed by atoms with van der Waals surface area (Å²) in [7, 11) is 1.32. The van der Waals surface area contributed by atoms with E-state index in [1.54, 1.807) is 0 Å². The number of nitrogens with one attached hydrogen (secondary N) is 1. The fraction of sp³-hybridized carbons (Fsp3) is 0.364. The van der Waals surface area contributed by atoms with E-state index in [0.717, 1.165) is 11.1 Å². The Morgan fingerprint density at radius 3 is 2.18 bits per heavy atom. The number of esters is 1. The maximum atomic E-state index is 12.5. The van der Waals surface area contributed by atoms with Crippen LogP contribution >= 0.6 is 0 Å². The zero-order valence-corrected chi connectivity index (χ0v) is 15.8. The van der Waals surface area contributed by atoms with Crippen LogP contribution in [0.3, 0.4) is 0 Å². The van der Waals surface area contributed by atoms with Crippen molar-refractivity contribution in [2.45, 2.75) is 24.3 Å². The quantitative estimate of drug-likeness (QED) is 0.823. The summed E-state index contributed by atoms with van der Waals surface area (Å²) in [6, 6.07) is 16.3. The summed E-state index contributed by atoms with van der Waals surface area (Å²) in [5.74, 6) is -0.494. The lowest BCUT2D eigenvalue weighted by atomic mass is 9.90. The minimum absolute atomic E-state index is 0.0260. The Kier molecular flexibility index (Phi) is 5.05. The molecule has 1 heterocycles. The second kappa shape index (κ2) is 7.64. The number of alkyl carbamates (subject to hydrolysis) is 1. The van der Waals surface area contributed by atoms with Crippen molar-refractivity contribution in [2.75, 3.05) is 26.9 Å². The maximum absolute atomic E-state index is 12.5. The fourth-order valence-electron chi connectivity index (χ4n) is 4.13. The van der Waals surface area contributed by atoms with Crippen LogP contribution in [0.2, 0.25) is 0 Å². The van der Waals surface area contributed by atoms with Gasteiger partial charge < -0.3 is 19.5 Å². The van der Waals surface area contributed by atoms with Gasteiger partial charge in [0.25, 0.3) is 0 Å². The normalized spacial score (nSPS) is 17.3. The summed E-state index contributed by atoms with van der Waals surface area (Å²) >= 11 is 0. The Balaban J connectivity index is 1.48. The maximum Gasteiger partial charge on any atom is 0.408 e. The SMILES string of the molecule is COC(=O)C1(NC(=O)OCC2c3ccccc3-c3ccccc32)CCOCC1. The van der Waals surface area contributed by atoms with E-state index in [-0.39, 0.29) is 12.5 Å². The number of carbonyl (C=O) groups excluding carboxylic acids is 2. The molecule has 28 heavy (non-hydrogen) atoms.